The number of amides is 3. The van der Waals surface area contributed by atoms with Crippen molar-refractivity contribution < 1.29 is 19.1 Å². The second-order valence-corrected chi connectivity index (χ2v) is 9.36. The molecule has 2 atom stereocenters. The fourth-order valence-corrected chi connectivity index (χ4v) is 3.81. The third-order valence-electron chi connectivity index (χ3n) is 5.47. The molecular weight excluding hydrogens is 418 g/mol. The number of nitrogens with zero attached hydrogens (tertiary/aromatic N) is 2. The van der Waals surface area contributed by atoms with Gasteiger partial charge in [0.05, 0.1) is 12.6 Å². The second-order valence-electron chi connectivity index (χ2n) is 9.36. The number of carbonyl (C=O) groups excluding carboxylic acids is 3. The third-order valence-corrected chi connectivity index (χ3v) is 5.47. The molecule has 7 heteroatoms. The van der Waals surface area contributed by atoms with Gasteiger partial charge in [0.25, 0.3) is 0 Å². The molecule has 3 rings (SSSR count). The van der Waals surface area contributed by atoms with Gasteiger partial charge in [0, 0.05) is 13.6 Å². The molecule has 7 nitrogen and oxygen atoms in total. The van der Waals surface area contributed by atoms with Crippen molar-refractivity contribution in [2.45, 2.75) is 57.8 Å². The van der Waals surface area contributed by atoms with E-state index in [1.807, 2.05) is 60.7 Å². The Labute approximate surface area is 195 Å². The van der Waals surface area contributed by atoms with Gasteiger partial charge in [-0.25, -0.2) is 14.5 Å². The smallest absolute Gasteiger partial charge is 0.331 e. The van der Waals surface area contributed by atoms with E-state index < -0.39 is 35.6 Å². The molecule has 0 unspecified atom stereocenters. The van der Waals surface area contributed by atoms with Crippen molar-refractivity contribution in [1.29, 1.82) is 0 Å². The van der Waals surface area contributed by atoms with Crippen molar-refractivity contribution in [1.82, 2.24) is 15.1 Å². The molecule has 1 aliphatic rings. The highest BCUT2D eigenvalue weighted by molar-refractivity contribution is 6.03. The van der Waals surface area contributed by atoms with Gasteiger partial charge in [-0.3, -0.25) is 4.79 Å². The summed E-state index contributed by atoms with van der Waals surface area (Å²) in [6, 6.07) is 17.6. The Balaban J connectivity index is 1.80. The van der Waals surface area contributed by atoms with E-state index in [1.54, 1.807) is 27.8 Å². The first-order valence-electron chi connectivity index (χ1n) is 11.3. The molecule has 0 radical (unpaired) electrons. The van der Waals surface area contributed by atoms with Gasteiger partial charge in [-0.1, -0.05) is 60.7 Å². The van der Waals surface area contributed by atoms with Crippen LogP contribution in [0, 0.1) is 0 Å². The van der Waals surface area contributed by atoms with Gasteiger partial charge in [-0.2, -0.15) is 0 Å². The minimum absolute atomic E-state index is 0.115. The largest absolute Gasteiger partial charge is 0.458 e. The SMILES string of the molecule is CN1C[C@@H](C(=O)OC(C)(C)C)N(C(=O)[C@@H](CCc2ccccc2)NCc2ccccc2)C1=O. The maximum Gasteiger partial charge on any atom is 0.331 e. The summed E-state index contributed by atoms with van der Waals surface area (Å²) in [7, 11) is 1.59. The van der Waals surface area contributed by atoms with Gasteiger partial charge in [0.2, 0.25) is 5.91 Å². The quantitative estimate of drug-likeness (QED) is 0.623. The van der Waals surface area contributed by atoms with Crippen LogP contribution in [0.3, 0.4) is 0 Å². The first kappa shape index (κ1) is 24.5. The predicted molar refractivity (Wildman–Crippen MR) is 126 cm³/mol. The molecule has 33 heavy (non-hydrogen) atoms. The summed E-state index contributed by atoms with van der Waals surface area (Å²) < 4.78 is 5.50. The van der Waals surface area contributed by atoms with E-state index in [0.717, 1.165) is 16.0 Å². The molecule has 1 heterocycles. The molecule has 2 aromatic rings. The number of hydrogen-bond acceptors (Lipinski definition) is 5. The van der Waals surface area contributed by atoms with Gasteiger partial charge in [-0.05, 0) is 44.7 Å². The van der Waals surface area contributed by atoms with Crippen molar-refractivity contribution in [3.8, 4) is 0 Å². The number of rotatable bonds is 8. The Kier molecular flexibility index (Phi) is 7.87. The van der Waals surface area contributed by atoms with Crippen molar-refractivity contribution in [2.24, 2.45) is 0 Å². The number of ether oxygens (including phenoxy) is 1. The Hall–Kier alpha value is -3.19. The molecule has 1 aliphatic heterocycles. The fraction of sp³-hybridized carbons (Fsp3) is 0.423. The molecule has 2 aromatic carbocycles. The average Bonchev–Trinajstić information content (AvgIpc) is 3.08. The summed E-state index contributed by atoms with van der Waals surface area (Å²) >= 11 is 0. The Bertz CT molecular complexity index is 913. The van der Waals surface area contributed by atoms with Gasteiger partial charge < -0.3 is 15.0 Å². The van der Waals surface area contributed by atoms with Crippen LogP contribution in [0.25, 0.3) is 0 Å². The summed E-state index contributed by atoms with van der Waals surface area (Å²) in [6.45, 7) is 5.88. The fourth-order valence-electron chi connectivity index (χ4n) is 3.81. The molecule has 1 N–H and O–H groups in total. The highest BCUT2D eigenvalue weighted by Gasteiger charge is 2.47. The number of nitrogens with one attached hydrogen (secondary N) is 1. The second kappa shape index (κ2) is 10.6. The third kappa shape index (κ3) is 6.65. The standard InChI is InChI=1S/C26H33N3O4/c1-26(2,3)33-24(31)22-18-28(4)25(32)29(22)23(30)21(16-15-19-11-7-5-8-12-19)27-17-20-13-9-6-10-14-20/h5-14,21-22,27H,15-18H2,1-4H3/t21-,22+/m1/s1. The maximum atomic E-state index is 13.6. The number of likely N-dealkylation sites (N-methyl/N-ethyl adjacent to an activating group) is 1. The van der Waals surface area contributed by atoms with Crippen molar-refractivity contribution >= 4 is 17.9 Å². The maximum absolute atomic E-state index is 13.6. The molecule has 3 amide bonds. The van der Waals surface area contributed by atoms with E-state index in [2.05, 4.69) is 5.32 Å². The number of hydrogen-bond donors (Lipinski definition) is 1. The molecule has 0 aliphatic carbocycles. The molecule has 1 saturated heterocycles. The summed E-state index contributed by atoms with van der Waals surface area (Å²) in [5.74, 6) is -0.981. The van der Waals surface area contributed by atoms with E-state index in [9.17, 15) is 14.4 Å². The number of imide groups is 1. The summed E-state index contributed by atoms with van der Waals surface area (Å²) in [5.41, 5.74) is 1.42. The lowest BCUT2D eigenvalue weighted by molar-refractivity contribution is -0.162. The molecule has 0 bridgehead atoms. The van der Waals surface area contributed by atoms with Crippen LogP contribution < -0.4 is 5.32 Å². The van der Waals surface area contributed by atoms with Crippen LogP contribution in [-0.4, -0.2) is 59.0 Å². The van der Waals surface area contributed by atoms with Gasteiger partial charge >= 0.3 is 12.0 Å². The molecule has 1 fully saturated rings. The van der Waals surface area contributed by atoms with E-state index in [-0.39, 0.29) is 6.54 Å². The first-order chi connectivity index (χ1) is 15.7. The number of urea groups is 1. The van der Waals surface area contributed by atoms with E-state index in [0.29, 0.717) is 19.4 Å². The molecule has 176 valence electrons. The van der Waals surface area contributed by atoms with E-state index >= 15 is 0 Å². The highest BCUT2D eigenvalue weighted by Crippen LogP contribution is 2.21. The number of carbonyl (C=O) groups is 3. The van der Waals surface area contributed by atoms with Crippen LogP contribution in [0.2, 0.25) is 0 Å². The minimum Gasteiger partial charge on any atom is -0.458 e. The van der Waals surface area contributed by atoms with Gasteiger partial charge in [0.15, 0.2) is 6.04 Å². The van der Waals surface area contributed by atoms with Gasteiger partial charge in [0.1, 0.15) is 5.60 Å². The predicted octanol–water partition coefficient (Wildman–Crippen LogP) is 3.38. The van der Waals surface area contributed by atoms with Crippen molar-refractivity contribution in [2.75, 3.05) is 13.6 Å². The van der Waals surface area contributed by atoms with E-state index in [1.165, 1.54) is 4.90 Å². The highest BCUT2D eigenvalue weighted by atomic mass is 16.6. The molecule has 0 spiro atoms. The first-order valence-corrected chi connectivity index (χ1v) is 11.3. The number of benzene rings is 2. The van der Waals surface area contributed by atoms with E-state index in [4.69, 9.17) is 4.74 Å². The van der Waals surface area contributed by atoms with Crippen LogP contribution in [-0.2, 0) is 27.3 Å². The van der Waals surface area contributed by atoms with Crippen LogP contribution >= 0.6 is 0 Å². The summed E-state index contributed by atoms with van der Waals surface area (Å²) in [4.78, 5) is 41.8. The average molecular weight is 452 g/mol. The van der Waals surface area contributed by atoms with Crippen molar-refractivity contribution in [3.63, 3.8) is 0 Å². The zero-order valence-electron chi connectivity index (χ0n) is 19.8. The van der Waals surface area contributed by atoms with Crippen molar-refractivity contribution in [3.05, 3.63) is 71.8 Å². The molecule has 0 saturated carbocycles. The monoisotopic (exact) mass is 451 g/mol. The normalized spacial score (nSPS) is 17.2. The number of aryl methyl sites for hydroxylation is 1. The topological polar surface area (TPSA) is 79.0 Å². The molecular formula is C26H33N3O4. The summed E-state index contributed by atoms with van der Waals surface area (Å²) in [5, 5.41) is 3.31. The Morgan fingerprint density at radius 2 is 1.61 bits per heavy atom. The zero-order chi connectivity index (χ0) is 24.0. The minimum atomic E-state index is -0.966. The Morgan fingerprint density at radius 3 is 2.18 bits per heavy atom. The molecule has 0 aromatic heterocycles. The Morgan fingerprint density at radius 1 is 1.03 bits per heavy atom. The summed E-state index contributed by atoms with van der Waals surface area (Å²) in [6.07, 6.45) is 1.15. The van der Waals surface area contributed by atoms with Crippen LogP contribution in [0.1, 0.15) is 38.3 Å². The lowest BCUT2D eigenvalue weighted by atomic mass is 10.0. The van der Waals surface area contributed by atoms with Gasteiger partial charge in [-0.15, -0.1) is 0 Å². The zero-order valence-corrected chi connectivity index (χ0v) is 19.8. The van der Waals surface area contributed by atoms with Crippen LogP contribution in [0.15, 0.2) is 60.7 Å². The lowest BCUT2D eigenvalue weighted by Crippen LogP contribution is -2.53. The number of esters is 1. The lowest BCUT2D eigenvalue weighted by Gasteiger charge is -2.28. The van der Waals surface area contributed by atoms with Crippen LogP contribution in [0.5, 0.6) is 0 Å². The van der Waals surface area contributed by atoms with Crippen LogP contribution in [0.4, 0.5) is 4.79 Å².